The van der Waals surface area contributed by atoms with E-state index < -0.39 is 16.4 Å². The fourth-order valence-electron chi connectivity index (χ4n) is 5.17. The first kappa shape index (κ1) is 25.1. The molecule has 0 aromatic heterocycles. The first-order valence-electron chi connectivity index (χ1n) is 12.4. The molecule has 1 aliphatic heterocycles. The quantitative estimate of drug-likeness (QED) is 0.335. The number of hydrogen-bond donors (Lipinski definition) is 2. The van der Waals surface area contributed by atoms with E-state index >= 15 is 0 Å². The van der Waals surface area contributed by atoms with Gasteiger partial charge in [0.25, 0.3) is 0 Å². The number of aromatic hydroxyl groups is 2. The van der Waals surface area contributed by atoms with Crippen molar-refractivity contribution < 1.29 is 14.6 Å². The van der Waals surface area contributed by atoms with Crippen LogP contribution in [0.3, 0.4) is 0 Å². The Morgan fingerprint density at radius 3 is 1.88 bits per heavy atom. The average Bonchev–Trinajstić information content (AvgIpc) is 3.18. The Balaban J connectivity index is 1.59. The molecule has 1 aliphatic rings. The number of aryl methyl sites for hydroxylation is 2. The van der Waals surface area contributed by atoms with Gasteiger partial charge in [-0.1, -0.05) is 74.8 Å². The second-order valence-electron chi connectivity index (χ2n) is 10.9. The molecular weight excluding hydrogens is 428 g/mol. The van der Waals surface area contributed by atoms with Gasteiger partial charge in [-0.2, -0.15) is 0 Å². The molecule has 0 unspecified atom stereocenters. The molecule has 0 bridgehead atoms. The van der Waals surface area contributed by atoms with Gasteiger partial charge in [-0.25, -0.2) is 0 Å². The van der Waals surface area contributed by atoms with Gasteiger partial charge in [-0.05, 0) is 74.5 Å². The van der Waals surface area contributed by atoms with E-state index in [1.165, 1.54) is 37.0 Å². The predicted molar refractivity (Wildman–Crippen MR) is 140 cm³/mol. The lowest BCUT2D eigenvalue weighted by atomic mass is 10.1. The Hall–Kier alpha value is -1.57. The highest BCUT2D eigenvalue weighted by molar-refractivity contribution is 6.82. The highest BCUT2D eigenvalue weighted by Crippen LogP contribution is 2.42. The van der Waals surface area contributed by atoms with Crippen LogP contribution in [0.5, 0.6) is 11.5 Å². The lowest BCUT2D eigenvalue weighted by Crippen LogP contribution is -2.57. The third-order valence-corrected chi connectivity index (χ3v) is 17.8. The van der Waals surface area contributed by atoms with E-state index in [2.05, 4.69) is 26.9 Å². The molecule has 0 spiro atoms. The molecule has 1 fully saturated rings. The summed E-state index contributed by atoms with van der Waals surface area (Å²) in [7, 11) is -3.39. The van der Waals surface area contributed by atoms with Crippen molar-refractivity contribution in [3.05, 3.63) is 59.7 Å². The van der Waals surface area contributed by atoms with Gasteiger partial charge in [0.05, 0.1) is 8.07 Å². The molecular formula is C27H42O3Si2. The van der Waals surface area contributed by atoms with Crippen molar-refractivity contribution in [2.24, 2.45) is 0 Å². The zero-order chi connectivity index (χ0) is 23.2. The number of phenols is 2. The van der Waals surface area contributed by atoms with Gasteiger partial charge in [0.2, 0.25) is 0 Å². The summed E-state index contributed by atoms with van der Waals surface area (Å²) < 4.78 is 7.23. The number of benzene rings is 2. The molecule has 176 valence electrons. The van der Waals surface area contributed by atoms with Gasteiger partial charge < -0.3 is 14.6 Å². The Morgan fingerprint density at radius 2 is 1.34 bits per heavy atom. The molecule has 0 aliphatic carbocycles. The summed E-state index contributed by atoms with van der Waals surface area (Å²) in [6.45, 7) is 9.68. The summed E-state index contributed by atoms with van der Waals surface area (Å²) in [4.78, 5) is 0. The van der Waals surface area contributed by atoms with Crippen LogP contribution in [0, 0.1) is 0 Å². The van der Waals surface area contributed by atoms with Gasteiger partial charge in [-0.15, -0.1) is 0 Å². The molecule has 0 atom stereocenters. The molecule has 3 rings (SSSR count). The molecule has 1 heterocycles. The van der Waals surface area contributed by atoms with Crippen molar-refractivity contribution in [1.82, 2.24) is 0 Å². The fourth-order valence-corrected chi connectivity index (χ4v) is 13.3. The van der Waals surface area contributed by atoms with Crippen LogP contribution in [-0.4, -0.2) is 31.8 Å². The standard InChI is InChI=1S/C27H42O3Si2/c1-27(2,31(3,4)19-11-15-23-13-5-7-17-25(23)28)30-32(20-9-10-21-32)22-12-16-24-14-6-8-18-26(24)29/h5-8,13-14,17-18,28-29H,9-12,15-16,19-22H2,1-4H3. The summed E-state index contributed by atoms with van der Waals surface area (Å²) in [5.74, 6) is 0.845. The van der Waals surface area contributed by atoms with Crippen molar-refractivity contribution in [3.63, 3.8) is 0 Å². The number of rotatable bonds is 11. The van der Waals surface area contributed by atoms with E-state index in [1.54, 1.807) is 12.1 Å². The fraction of sp³-hybridized carbons (Fsp3) is 0.556. The second kappa shape index (κ2) is 10.6. The van der Waals surface area contributed by atoms with Crippen LogP contribution in [-0.2, 0) is 17.3 Å². The van der Waals surface area contributed by atoms with Gasteiger partial charge in [0.15, 0.2) is 8.32 Å². The second-order valence-corrected chi connectivity index (χ2v) is 20.4. The van der Waals surface area contributed by atoms with E-state index in [4.69, 9.17) is 4.43 Å². The molecule has 2 aromatic carbocycles. The van der Waals surface area contributed by atoms with E-state index in [-0.39, 0.29) is 5.22 Å². The Kier molecular flexibility index (Phi) is 8.28. The minimum Gasteiger partial charge on any atom is -0.508 e. The van der Waals surface area contributed by atoms with Gasteiger partial charge in [0, 0.05) is 5.22 Å². The van der Waals surface area contributed by atoms with Crippen LogP contribution in [0.15, 0.2) is 48.5 Å². The van der Waals surface area contributed by atoms with Gasteiger partial charge >= 0.3 is 0 Å². The number of phenolic OH excluding ortho intramolecular Hbond substituents is 2. The van der Waals surface area contributed by atoms with Crippen molar-refractivity contribution in [3.8, 4) is 11.5 Å². The highest BCUT2D eigenvalue weighted by atomic mass is 28.4. The predicted octanol–water partition coefficient (Wildman–Crippen LogP) is 7.45. The Bertz CT molecular complexity index is 873. The highest BCUT2D eigenvalue weighted by Gasteiger charge is 2.48. The van der Waals surface area contributed by atoms with Crippen molar-refractivity contribution in [2.75, 3.05) is 0 Å². The Labute approximate surface area is 197 Å². The zero-order valence-electron chi connectivity index (χ0n) is 20.5. The molecule has 1 saturated heterocycles. The summed E-state index contributed by atoms with van der Waals surface area (Å²) in [5.41, 5.74) is 2.12. The SMILES string of the molecule is CC(C)(O[Si]1(CCCc2ccccc2O)CCCC1)[Si](C)(C)CCCc1ccccc1O. The van der Waals surface area contributed by atoms with E-state index in [0.29, 0.717) is 11.5 Å². The summed E-state index contributed by atoms with van der Waals surface area (Å²) >= 11 is 0. The summed E-state index contributed by atoms with van der Waals surface area (Å²) in [6.07, 6.45) is 6.71. The summed E-state index contributed by atoms with van der Waals surface area (Å²) in [5, 5.41) is 20.1. The van der Waals surface area contributed by atoms with Crippen LogP contribution < -0.4 is 0 Å². The molecule has 0 radical (unpaired) electrons. The molecule has 0 saturated carbocycles. The molecule has 32 heavy (non-hydrogen) atoms. The topological polar surface area (TPSA) is 49.7 Å². The zero-order valence-corrected chi connectivity index (χ0v) is 22.5. The lowest BCUT2D eigenvalue weighted by Gasteiger charge is -2.46. The van der Waals surface area contributed by atoms with E-state index in [9.17, 15) is 10.2 Å². The number of para-hydroxylation sites is 2. The molecule has 5 heteroatoms. The van der Waals surface area contributed by atoms with E-state index in [0.717, 1.165) is 36.8 Å². The van der Waals surface area contributed by atoms with Crippen LogP contribution in [0.4, 0.5) is 0 Å². The Morgan fingerprint density at radius 1 is 0.844 bits per heavy atom. The van der Waals surface area contributed by atoms with Crippen LogP contribution in [0.1, 0.15) is 50.7 Å². The summed E-state index contributed by atoms with van der Waals surface area (Å²) in [6, 6.07) is 20.5. The maximum atomic E-state index is 10.1. The normalized spacial score (nSPS) is 16.4. The first-order valence-corrected chi connectivity index (χ1v) is 18.1. The maximum Gasteiger partial charge on any atom is 0.193 e. The minimum atomic E-state index is -1.75. The third kappa shape index (κ3) is 6.27. The lowest BCUT2D eigenvalue weighted by molar-refractivity contribution is 0.169. The number of hydrogen-bond acceptors (Lipinski definition) is 3. The minimum absolute atomic E-state index is 0.0445. The van der Waals surface area contributed by atoms with Crippen molar-refractivity contribution >= 4 is 16.4 Å². The van der Waals surface area contributed by atoms with Crippen molar-refractivity contribution in [2.45, 2.75) is 94.9 Å². The van der Waals surface area contributed by atoms with E-state index in [1.807, 2.05) is 36.4 Å². The van der Waals surface area contributed by atoms with Crippen molar-refractivity contribution in [1.29, 1.82) is 0 Å². The van der Waals surface area contributed by atoms with Gasteiger partial charge in [-0.3, -0.25) is 0 Å². The maximum absolute atomic E-state index is 10.1. The monoisotopic (exact) mass is 470 g/mol. The van der Waals surface area contributed by atoms with Gasteiger partial charge in [0.1, 0.15) is 11.5 Å². The molecule has 0 amide bonds. The average molecular weight is 471 g/mol. The molecule has 2 N–H and O–H groups in total. The van der Waals surface area contributed by atoms with Crippen LogP contribution in [0.25, 0.3) is 0 Å². The molecule has 3 nitrogen and oxygen atoms in total. The smallest absolute Gasteiger partial charge is 0.193 e. The van der Waals surface area contributed by atoms with Crippen LogP contribution >= 0.6 is 0 Å². The third-order valence-electron chi connectivity index (χ3n) is 7.93. The molecule has 2 aromatic rings. The van der Waals surface area contributed by atoms with Crippen LogP contribution in [0.2, 0.25) is 37.3 Å². The first-order chi connectivity index (χ1) is 15.1. The largest absolute Gasteiger partial charge is 0.508 e.